The van der Waals surface area contributed by atoms with E-state index in [0.717, 1.165) is 0 Å². The molecule has 1 nitrogen and oxygen atoms in total. The van der Waals surface area contributed by atoms with Gasteiger partial charge in [0.1, 0.15) is 0 Å². The van der Waals surface area contributed by atoms with Crippen molar-refractivity contribution in [2.75, 3.05) is 7.05 Å². The van der Waals surface area contributed by atoms with Crippen molar-refractivity contribution in [3.63, 3.8) is 0 Å². The average Bonchev–Trinajstić information content (AvgIpc) is 2.66. The van der Waals surface area contributed by atoms with Crippen LogP contribution in [0.25, 0.3) is 0 Å². The third kappa shape index (κ3) is 2.13. The van der Waals surface area contributed by atoms with E-state index in [4.69, 9.17) is 0 Å². The molecule has 1 N–H and O–H groups in total. The van der Waals surface area contributed by atoms with Crippen LogP contribution in [0.1, 0.15) is 63.1 Å². The van der Waals surface area contributed by atoms with Gasteiger partial charge in [-0.1, -0.05) is 51.0 Å². The van der Waals surface area contributed by atoms with Crippen molar-refractivity contribution >= 4 is 0 Å². The normalized spacial score (nSPS) is 21.5. The summed E-state index contributed by atoms with van der Waals surface area (Å²) < 4.78 is 0. The van der Waals surface area contributed by atoms with Gasteiger partial charge < -0.3 is 5.32 Å². The highest BCUT2D eigenvalue weighted by atomic mass is 14.9. The van der Waals surface area contributed by atoms with Crippen molar-refractivity contribution in [3.05, 3.63) is 35.4 Å². The second kappa shape index (κ2) is 5.22. The first-order chi connectivity index (χ1) is 8.27. The van der Waals surface area contributed by atoms with Crippen molar-refractivity contribution in [2.45, 2.75) is 57.4 Å². The number of rotatable bonds is 5. The molecule has 1 aliphatic carbocycles. The van der Waals surface area contributed by atoms with Crippen LogP contribution in [0.5, 0.6) is 0 Å². The molecule has 94 valence electrons. The first-order valence-electron chi connectivity index (χ1n) is 7.04. The molecule has 0 saturated heterocycles. The summed E-state index contributed by atoms with van der Waals surface area (Å²) in [6.45, 7) is 4.62. The topological polar surface area (TPSA) is 12.0 Å². The molecule has 0 saturated carbocycles. The average molecular weight is 231 g/mol. The van der Waals surface area contributed by atoms with E-state index in [1.807, 2.05) is 0 Å². The second-order valence-electron chi connectivity index (χ2n) is 5.41. The minimum atomic E-state index is 0.438. The fraction of sp³-hybridized carbons (Fsp3) is 0.625. The van der Waals surface area contributed by atoms with Crippen LogP contribution in [0.15, 0.2) is 24.3 Å². The molecule has 0 spiro atoms. The molecule has 17 heavy (non-hydrogen) atoms. The van der Waals surface area contributed by atoms with E-state index in [-0.39, 0.29) is 0 Å². The van der Waals surface area contributed by atoms with Crippen molar-refractivity contribution in [3.8, 4) is 0 Å². The van der Waals surface area contributed by atoms with E-state index in [1.54, 1.807) is 5.56 Å². The van der Waals surface area contributed by atoms with E-state index >= 15 is 0 Å². The fourth-order valence-corrected chi connectivity index (χ4v) is 3.71. The molecule has 1 heteroatoms. The largest absolute Gasteiger partial charge is 0.313 e. The summed E-state index contributed by atoms with van der Waals surface area (Å²) in [5, 5.41) is 3.49. The fourth-order valence-electron chi connectivity index (χ4n) is 3.71. The first-order valence-corrected chi connectivity index (χ1v) is 7.04. The number of hydrogen-bond donors (Lipinski definition) is 1. The van der Waals surface area contributed by atoms with Gasteiger partial charge in [0.25, 0.3) is 0 Å². The highest BCUT2D eigenvalue weighted by Gasteiger charge is 2.41. The van der Waals surface area contributed by atoms with Gasteiger partial charge in [-0.25, -0.2) is 0 Å². The number of nitrogens with one attached hydrogen (secondary N) is 1. The molecular formula is C16H25N. The highest BCUT2D eigenvalue weighted by Crippen LogP contribution is 2.50. The molecule has 2 rings (SSSR count). The maximum Gasteiger partial charge on any atom is 0.0328 e. The molecule has 0 bridgehead atoms. The predicted molar refractivity (Wildman–Crippen MR) is 74.4 cm³/mol. The Morgan fingerprint density at radius 1 is 1.18 bits per heavy atom. The minimum Gasteiger partial charge on any atom is -0.313 e. The van der Waals surface area contributed by atoms with E-state index in [9.17, 15) is 0 Å². The molecule has 1 aromatic carbocycles. The van der Waals surface area contributed by atoms with Crippen molar-refractivity contribution in [1.29, 1.82) is 0 Å². The molecule has 0 heterocycles. The summed E-state index contributed by atoms with van der Waals surface area (Å²) in [7, 11) is 2.09. The van der Waals surface area contributed by atoms with Gasteiger partial charge in [-0.15, -0.1) is 0 Å². The lowest BCUT2D eigenvalue weighted by molar-refractivity contribution is 0.326. The third-order valence-corrected chi connectivity index (χ3v) is 4.31. The smallest absolute Gasteiger partial charge is 0.0328 e. The third-order valence-electron chi connectivity index (χ3n) is 4.31. The summed E-state index contributed by atoms with van der Waals surface area (Å²) in [6, 6.07) is 9.61. The molecule has 1 aromatic rings. The Morgan fingerprint density at radius 3 is 2.41 bits per heavy atom. The molecular weight excluding hydrogens is 206 g/mol. The van der Waals surface area contributed by atoms with Gasteiger partial charge in [0, 0.05) is 6.04 Å². The van der Waals surface area contributed by atoms with E-state index in [0.29, 0.717) is 11.5 Å². The Kier molecular flexibility index (Phi) is 3.88. The van der Waals surface area contributed by atoms with Gasteiger partial charge in [0.05, 0.1) is 0 Å². The van der Waals surface area contributed by atoms with E-state index < -0.39 is 0 Å². The van der Waals surface area contributed by atoms with E-state index in [2.05, 4.69) is 50.5 Å². The van der Waals surface area contributed by atoms with Crippen LogP contribution >= 0.6 is 0 Å². The lowest BCUT2D eigenvalue weighted by atomic mass is 9.74. The Labute approximate surface area is 106 Å². The first kappa shape index (κ1) is 12.6. The quantitative estimate of drug-likeness (QED) is 0.801. The molecule has 0 aromatic heterocycles. The van der Waals surface area contributed by atoms with Crippen LogP contribution < -0.4 is 5.32 Å². The maximum absolute atomic E-state index is 3.49. The standard InChI is InChI=1S/C16H25N/c1-4-10-16(11-5-2)12-15(17-3)13-8-6-7-9-14(13)16/h6-9,15,17H,4-5,10-12H2,1-3H3. The lowest BCUT2D eigenvalue weighted by Crippen LogP contribution is -2.24. The summed E-state index contributed by atoms with van der Waals surface area (Å²) >= 11 is 0. The number of fused-ring (bicyclic) bond motifs is 1. The summed E-state index contributed by atoms with van der Waals surface area (Å²) in [6.07, 6.45) is 6.51. The number of hydrogen-bond acceptors (Lipinski definition) is 1. The van der Waals surface area contributed by atoms with Crippen LogP contribution in [0.3, 0.4) is 0 Å². The summed E-state index contributed by atoms with van der Waals surface area (Å²) in [4.78, 5) is 0. The van der Waals surface area contributed by atoms with Gasteiger partial charge in [-0.2, -0.15) is 0 Å². The Balaban J connectivity index is 2.42. The summed E-state index contributed by atoms with van der Waals surface area (Å²) in [5.41, 5.74) is 3.59. The van der Waals surface area contributed by atoms with Crippen LogP contribution in [0.4, 0.5) is 0 Å². The van der Waals surface area contributed by atoms with Crippen LogP contribution in [0, 0.1) is 0 Å². The molecule has 1 unspecified atom stereocenters. The maximum atomic E-state index is 3.49. The van der Waals surface area contributed by atoms with Crippen molar-refractivity contribution in [1.82, 2.24) is 5.32 Å². The Hall–Kier alpha value is -0.820. The SMILES string of the molecule is CCCC1(CCC)CC(NC)c2ccccc21. The van der Waals surface area contributed by atoms with Gasteiger partial charge in [-0.3, -0.25) is 0 Å². The zero-order valence-corrected chi connectivity index (χ0v) is 11.4. The van der Waals surface area contributed by atoms with Crippen LogP contribution in [0.2, 0.25) is 0 Å². The zero-order chi connectivity index (χ0) is 12.3. The molecule has 1 aliphatic rings. The number of benzene rings is 1. The highest BCUT2D eigenvalue weighted by molar-refractivity contribution is 5.42. The van der Waals surface area contributed by atoms with Crippen molar-refractivity contribution in [2.24, 2.45) is 0 Å². The van der Waals surface area contributed by atoms with Gasteiger partial charge in [-0.05, 0) is 42.9 Å². The van der Waals surface area contributed by atoms with Crippen LogP contribution in [-0.4, -0.2) is 7.05 Å². The molecule has 0 amide bonds. The minimum absolute atomic E-state index is 0.438. The lowest BCUT2D eigenvalue weighted by Gasteiger charge is -2.30. The molecule has 0 fully saturated rings. The molecule has 1 atom stereocenters. The van der Waals surface area contributed by atoms with E-state index in [1.165, 1.54) is 37.7 Å². The van der Waals surface area contributed by atoms with Crippen LogP contribution in [-0.2, 0) is 5.41 Å². The predicted octanol–water partition coefficient (Wildman–Crippen LogP) is 4.19. The Morgan fingerprint density at radius 2 is 1.82 bits per heavy atom. The van der Waals surface area contributed by atoms with Gasteiger partial charge in [0.15, 0.2) is 0 Å². The second-order valence-corrected chi connectivity index (χ2v) is 5.41. The van der Waals surface area contributed by atoms with Crippen molar-refractivity contribution < 1.29 is 0 Å². The van der Waals surface area contributed by atoms with Gasteiger partial charge >= 0.3 is 0 Å². The van der Waals surface area contributed by atoms with Gasteiger partial charge in [0.2, 0.25) is 0 Å². The Bertz CT molecular complexity index is 364. The molecule has 0 radical (unpaired) electrons. The summed E-state index contributed by atoms with van der Waals surface area (Å²) in [5.74, 6) is 0. The zero-order valence-electron chi connectivity index (χ0n) is 11.4. The monoisotopic (exact) mass is 231 g/mol. The molecule has 0 aliphatic heterocycles.